The van der Waals surface area contributed by atoms with Crippen LogP contribution < -0.4 is 5.32 Å². The zero-order valence-electron chi connectivity index (χ0n) is 50.1. The molecular weight excluding hydrogens is 1010 g/mol. The molecule has 1 aliphatic heterocycles. The summed E-state index contributed by atoms with van der Waals surface area (Å²) in [6.45, 7) is 7.95. The normalized spacial score (nSPS) is 18.4. The molecule has 0 aromatic heterocycles. The van der Waals surface area contributed by atoms with Gasteiger partial charge in [0.1, 0.15) is 30.5 Å². The first-order valence-electron chi connectivity index (χ1n) is 32.3. The number of unbranched alkanes of at least 4 members (excludes halogenated alkanes) is 36. The Bertz CT molecular complexity index is 1500. The van der Waals surface area contributed by atoms with Crippen molar-refractivity contribution in [2.45, 2.75) is 366 Å². The predicted molar refractivity (Wildman–Crippen MR) is 312 cm³/mol. The van der Waals surface area contributed by atoms with Gasteiger partial charge in [0.25, 0.3) is 0 Å². The van der Waals surface area contributed by atoms with Gasteiger partial charge in [0.15, 0.2) is 12.4 Å². The molecule has 7 atom stereocenters. The Labute approximate surface area is 474 Å². The van der Waals surface area contributed by atoms with Crippen molar-refractivity contribution in [3.8, 4) is 0 Å². The molecule has 16 heteroatoms. The molecule has 2 unspecified atom stereocenters. The van der Waals surface area contributed by atoms with Crippen molar-refractivity contribution < 1.29 is 67.2 Å². The lowest BCUT2D eigenvalue weighted by atomic mass is 9.96. The molecule has 0 aromatic rings. The average molecular weight is 1130 g/mol. The molecular formula is C62H118NO14P. The summed E-state index contributed by atoms with van der Waals surface area (Å²) in [6.07, 6.45) is 36.2. The highest BCUT2D eigenvalue weighted by atomic mass is 31.2. The van der Waals surface area contributed by atoms with Crippen LogP contribution in [-0.4, -0.2) is 93.3 Å². The van der Waals surface area contributed by atoms with Gasteiger partial charge in [-0.3, -0.25) is 23.7 Å². The van der Waals surface area contributed by atoms with Crippen molar-refractivity contribution in [3.63, 3.8) is 0 Å². The summed E-state index contributed by atoms with van der Waals surface area (Å²) < 4.78 is 40.8. The largest absolute Gasteiger partial charge is 0.470 e. The van der Waals surface area contributed by atoms with E-state index < -0.39 is 87.5 Å². The van der Waals surface area contributed by atoms with Crippen molar-refractivity contribution in [1.82, 2.24) is 5.32 Å². The van der Waals surface area contributed by atoms with Gasteiger partial charge < -0.3 is 44.3 Å². The third-order valence-corrected chi connectivity index (χ3v) is 15.8. The van der Waals surface area contributed by atoms with Crippen LogP contribution in [0.1, 0.15) is 323 Å². The fraction of sp³-hybridized carbons (Fsp3) is 0.935. The van der Waals surface area contributed by atoms with Gasteiger partial charge in [0.2, 0.25) is 5.91 Å². The molecule has 78 heavy (non-hydrogen) atoms. The minimum atomic E-state index is -5.35. The molecule has 0 radical (unpaired) electrons. The van der Waals surface area contributed by atoms with Crippen molar-refractivity contribution in [1.29, 1.82) is 0 Å². The van der Waals surface area contributed by atoms with Gasteiger partial charge in [-0.05, 0) is 38.5 Å². The van der Waals surface area contributed by atoms with E-state index >= 15 is 0 Å². The number of rotatable bonds is 55. The lowest BCUT2D eigenvalue weighted by molar-refractivity contribution is -0.256. The lowest BCUT2D eigenvalue weighted by Crippen LogP contribution is -2.65. The summed E-state index contributed by atoms with van der Waals surface area (Å²) >= 11 is 0. The molecule has 0 spiro atoms. The molecule has 1 fully saturated rings. The fourth-order valence-corrected chi connectivity index (χ4v) is 11.2. The van der Waals surface area contributed by atoms with Crippen LogP contribution in [0.25, 0.3) is 0 Å². The van der Waals surface area contributed by atoms with Crippen LogP contribution in [0.5, 0.6) is 0 Å². The van der Waals surface area contributed by atoms with E-state index in [9.17, 15) is 43.7 Å². The van der Waals surface area contributed by atoms with Crippen molar-refractivity contribution in [3.05, 3.63) is 0 Å². The van der Waals surface area contributed by atoms with Crippen LogP contribution in [0.15, 0.2) is 0 Å². The van der Waals surface area contributed by atoms with E-state index in [1.54, 1.807) is 0 Å². The lowest BCUT2D eigenvalue weighted by Gasteiger charge is -2.43. The molecule has 0 bridgehead atoms. The van der Waals surface area contributed by atoms with Crippen molar-refractivity contribution in [2.24, 2.45) is 0 Å². The number of aliphatic hydroxyl groups is 2. The van der Waals surface area contributed by atoms with Crippen molar-refractivity contribution in [2.75, 3.05) is 6.61 Å². The summed E-state index contributed by atoms with van der Waals surface area (Å²) in [7, 11) is -5.35. The smallest absolute Gasteiger partial charge is 0.462 e. The number of nitrogens with one attached hydrogen (secondary N) is 1. The summed E-state index contributed by atoms with van der Waals surface area (Å²) in [5, 5.41) is 24.2. The SMILES string of the molecule is CCCCCCCCCCCCCC(=O)OC(CCCCCCCCCCC)CC(=O)N[C@@H]1[C@@H](OC(=O)CC(CCCCCCCCCCC)OC(=O)CCCCCCCCCCCCC)[C@H](OP(=O)(O)O)[C@@H](CO)O[C@H]1O. The molecule has 0 saturated carbocycles. The zero-order chi connectivity index (χ0) is 57.3. The number of amides is 1. The number of hydrogen-bond donors (Lipinski definition) is 5. The summed E-state index contributed by atoms with van der Waals surface area (Å²) in [5.74, 6) is -2.44. The van der Waals surface area contributed by atoms with Gasteiger partial charge >= 0.3 is 25.7 Å². The Morgan fingerprint density at radius 2 is 0.782 bits per heavy atom. The van der Waals surface area contributed by atoms with Crippen molar-refractivity contribution >= 4 is 31.6 Å². The van der Waals surface area contributed by atoms with E-state index in [-0.39, 0.29) is 19.3 Å². The molecule has 1 saturated heterocycles. The first kappa shape index (κ1) is 73.9. The standard InChI is InChI=1S/C62H118NO14P/c1-5-9-13-17-21-25-27-31-35-39-43-47-56(66)73-52(45-41-37-33-29-23-19-15-11-7-3)49-55(65)63-59-61(60(77-78(70,71)72)54(51-64)75-62(59)69)76-58(68)50-53(46-42-38-34-30-24-20-16-12-8-4)74-57(67)48-44-40-36-32-28-26-22-18-14-10-6-2/h52-54,59-62,64,69H,5-51H2,1-4H3,(H,63,65)(H2,70,71,72)/t52?,53?,54-,59-,60-,61-,62-/m1/s1. The molecule has 1 amide bonds. The molecule has 0 aromatic carbocycles. The van der Waals surface area contributed by atoms with Crippen LogP contribution in [0.2, 0.25) is 0 Å². The molecule has 1 heterocycles. The van der Waals surface area contributed by atoms with E-state index in [0.717, 1.165) is 89.9 Å². The third kappa shape index (κ3) is 41.8. The van der Waals surface area contributed by atoms with E-state index in [0.29, 0.717) is 38.5 Å². The molecule has 0 aliphatic carbocycles. The zero-order valence-corrected chi connectivity index (χ0v) is 51.0. The minimum absolute atomic E-state index is 0.200. The van der Waals surface area contributed by atoms with Crippen LogP contribution >= 0.6 is 7.82 Å². The molecule has 5 N–H and O–H groups in total. The summed E-state index contributed by atoms with van der Waals surface area (Å²) in [6, 6.07) is -1.62. The Balaban J connectivity index is 3.15. The number of phosphoric acid groups is 1. The Kier molecular flexibility index (Phi) is 47.9. The van der Waals surface area contributed by atoms with Crippen LogP contribution in [0, 0.1) is 0 Å². The van der Waals surface area contributed by atoms with Gasteiger partial charge in [-0.25, -0.2) is 4.57 Å². The number of carbonyl (C=O) groups excluding carboxylic acids is 4. The number of ether oxygens (including phenoxy) is 4. The van der Waals surface area contributed by atoms with Gasteiger partial charge in [-0.2, -0.15) is 0 Å². The third-order valence-electron chi connectivity index (χ3n) is 15.3. The minimum Gasteiger partial charge on any atom is -0.462 e. The van der Waals surface area contributed by atoms with Gasteiger partial charge in [-0.15, -0.1) is 0 Å². The molecule has 1 aliphatic rings. The average Bonchev–Trinajstić information content (AvgIpc) is 3.48. The highest BCUT2D eigenvalue weighted by molar-refractivity contribution is 7.46. The van der Waals surface area contributed by atoms with Crippen LogP contribution in [0.4, 0.5) is 0 Å². The second-order valence-corrected chi connectivity index (χ2v) is 24.0. The van der Waals surface area contributed by atoms with E-state index in [2.05, 4.69) is 33.0 Å². The van der Waals surface area contributed by atoms with Gasteiger partial charge in [-0.1, -0.05) is 259 Å². The van der Waals surface area contributed by atoms with E-state index in [1.165, 1.54) is 141 Å². The maximum atomic E-state index is 14.0. The highest BCUT2D eigenvalue weighted by Crippen LogP contribution is 2.42. The first-order valence-corrected chi connectivity index (χ1v) is 33.9. The molecule has 15 nitrogen and oxygen atoms in total. The maximum Gasteiger partial charge on any atom is 0.470 e. The second kappa shape index (κ2) is 50.6. The number of carbonyl (C=O) groups is 4. The molecule has 460 valence electrons. The number of esters is 3. The number of phosphoric ester groups is 1. The van der Waals surface area contributed by atoms with E-state index in [4.69, 9.17) is 23.5 Å². The molecule has 1 rings (SSSR count). The summed E-state index contributed by atoms with van der Waals surface area (Å²) in [5.41, 5.74) is 0. The topological polar surface area (TPSA) is 224 Å². The monoisotopic (exact) mass is 1130 g/mol. The fourth-order valence-electron chi connectivity index (χ4n) is 10.6. The van der Waals surface area contributed by atoms with E-state index in [1.807, 2.05) is 0 Å². The predicted octanol–water partition coefficient (Wildman–Crippen LogP) is 15.4. The summed E-state index contributed by atoms with van der Waals surface area (Å²) in [4.78, 5) is 74.6. The maximum absolute atomic E-state index is 14.0. The Morgan fingerprint density at radius 3 is 1.12 bits per heavy atom. The number of aliphatic hydroxyl groups excluding tert-OH is 2. The quantitative estimate of drug-likeness (QED) is 0.0165. The van der Waals surface area contributed by atoms with Crippen LogP contribution in [-0.2, 0) is 47.2 Å². The van der Waals surface area contributed by atoms with Gasteiger partial charge in [0.05, 0.1) is 19.4 Å². The van der Waals surface area contributed by atoms with Gasteiger partial charge in [0, 0.05) is 12.8 Å². The Hall–Kier alpha value is -2.13. The highest BCUT2D eigenvalue weighted by Gasteiger charge is 2.51. The first-order chi connectivity index (χ1) is 37.8. The Morgan fingerprint density at radius 1 is 0.462 bits per heavy atom. The van der Waals surface area contributed by atoms with Crippen LogP contribution in [0.3, 0.4) is 0 Å². The number of hydrogen-bond acceptors (Lipinski definition) is 12. The second-order valence-electron chi connectivity index (χ2n) is 22.8.